The number of hydrogen-bond donors (Lipinski definition) is 1. The van der Waals surface area contributed by atoms with Gasteiger partial charge in [0.1, 0.15) is 6.04 Å². The number of benzene rings is 1. The maximum Gasteiger partial charge on any atom is 0.338 e. The summed E-state index contributed by atoms with van der Waals surface area (Å²) in [7, 11) is 0. The molecule has 0 saturated heterocycles. The molecule has 1 N–H and O–H groups in total. The van der Waals surface area contributed by atoms with E-state index in [0.717, 1.165) is 0 Å². The van der Waals surface area contributed by atoms with E-state index in [2.05, 4.69) is 11.9 Å². The molecule has 1 aliphatic rings. The standard InChI is InChI=1S/C19H23NO4/c1-11(2)24-18(23)13-6-8-14(9-7-13)20-16-15(21)10-19(4,5)12(3)17(16)22/h6-9,11,16,20H,3,10H2,1-2,4-5H3. The van der Waals surface area contributed by atoms with Gasteiger partial charge in [0, 0.05) is 12.1 Å². The van der Waals surface area contributed by atoms with Gasteiger partial charge in [-0.1, -0.05) is 20.4 Å². The summed E-state index contributed by atoms with van der Waals surface area (Å²) >= 11 is 0. The summed E-state index contributed by atoms with van der Waals surface area (Å²) in [5.41, 5.74) is 0.963. The Morgan fingerprint density at radius 3 is 2.38 bits per heavy atom. The Morgan fingerprint density at radius 1 is 1.25 bits per heavy atom. The van der Waals surface area contributed by atoms with Crippen LogP contribution in [0.5, 0.6) is 0 Å². The average Bonchev–Trinajstić information content (AvgIpc) is 2.49. The zero-order valence-corrected chi connectivity index (χ0v) is 14.5. The Balaban J connectivity index is 2.11. The highest BCUT2D eigenvalue weighted by molar-refractivity contribution is 6.18. The van der Waals surface area contributed by atoms with Gasteiger partial charge >= 0.3 is 5.97 Å². The topological polar surface area (TPSA) is 72.5 Å². The SMILES string of the molecule is C=C1C(=O)C(Nc2ccc(C(=O)OC(C)C)cc2)C(=O)CC1(C)C. The molecular weight excluding hydrogens is 306 g/mol. The number of carbonyl (C=O) groups is 3. The van der Waals surface area contributed by atoms with Crippen molar-refractivity contribution in [2.45, 2.75) is 46.3 Å². The maximum atomic E-state index is 12.4. The molecule has 0 bridgehead atoms. The molecule has 0 spiro atoms. The van der Waals surface area contributed by atoms with Crippen LogP contribution in [-0.2, 0) is 14.3 Å². The monoisotopic (exact) mass is 329 g/mol. The summed E-state index contributed by atoms with van der Waals surface area (Å²) < 4.78 is 5.12. The summed E-state index contributed by atoms with van der Waals surface area (Å²) in [6.07, 6.45) is 0.0794. The molecule has 0 amide bonds. The third-order valence-corrected chi connectivity index (χ3v) is 4.09. The van der Waals surface area contributed by atoms with Crippen LogP contribution in [0.2, 0.25) is 0 Å². The normalized spacial score (nSPS) is 20.2. The van der Waals surface area contributed by atoms with E-state index in [1.54, 1.807) is 38.1 Å². The minimum atomic E-state index is -0.918. The number of anilines is 1. The third kappa shape index (κ3) is 3.72. The van der Waals surface area contributed by atoms with Gasteiger partial charge in [0.15, 0.2) is 11.6 Å². The highest BCUT2D eigenvalue weighted by atomic mass is 16.5. The van der Waals surface area contributed by atoms with E-state index in [-0.39, 0.29) is 24.1 Å². The first-order valence-corrected chi connectivity index (χ1v) is 7.95. The van der Waals surface area contributed by atoms with Crippen molar-refractivity contribution in [3.63, 3.8) is 0 Å². The van der Waals surface area contributed by atoms with E-state index in [9.17, 15) is 14.4 Å². The largest absolute Gasteiger partial charge is 0.459 e. The molecule has 0 aliphatic heterocycles. The van der Waals surface area contributed by atoms with Gasteiger partial charge in [-0.25, -0.2) is 4.79 Å². The van der Waals surface area contributed by atoms with Gasteiger partial charge in [0.2, 0.25) is 0 Å². The number of esters is 1. The van der Waals surface area contributed by atoms with Gasteiger partial charge in [0.25, 0.3) is 0 Å². The fourth-order valence-electron chi connectivity index (χ4n) is 2.60. The molecule has 128 valence electrons. The molecule has 1 saturated carbocycles. The number of nitrogens with one attached hydrogen (secondary N) is 1. The van der Waals surface area contributed by atoms with Gasteiger partial charge in [-0.2, -0.15) is 0 Å². The van der Waals surface area contributed by atoms with Gasteiger partial charge in [-0.15, -0.1) is 0 Å². The molecule has 1 aromatic rings. The number of hydrogen-bond acceptors (Lipinski definition) is 5. The van der Waals surface area contributed by atoms with Gasteiger partial charge in [-0.05, 0) is 49.1 Å². The lowest BCUT2D eigenvalue weighted by Gasteiger charge is -2.34. The van der Waals surface area contributed by atoms with Crippen molar-refractivity contribution in [1.29, 1.82) is 0 Å². The predicted molar refractivity (Wildman–Crippen MR) is 92.0 cm³/mol. The number of Topliss-reactive ketones (excluding diaryl/α,β-unsaturated/α-hetero) is 2. The second-order valence-electron chi connectivity index (χ2n) is 6.98. The molecule has 2 rings (SSSR count). The number of rotatable bonds is 4. The highest BCUT2D eigenvalue weighted by Crippen LogP contribution is 2.36. The van der Waals surface area contributed by atoms with Crippen molar-refractivity contribution in [3.05, 3.63) is 42.0 Å². The van der Waals surface area contributed by atoms with Crippen LogP contribution in [0.15, 0.2) is 36.4 Å². The van der Waals surface area contributed by atoms with Crippen molar-refractivity contribution < 1.29 is 19.1 Å². The van der Waals surface area contributed by atoms with Crippen LogP contribution in [0.4, 0.5) is 5.69 Å². The summed E-state index contributed by atoms with van der Waals surface area (Å²) in [5.74, 6) is -0.836. The Kier molecular flexibility index (Phi) is 4.92. The van der Waals surface area contributed by atoms with Gasteiger partial charge in [0.05, 0.1) is 11.7 Å². The van der Waals surface area contributed by atoms with Crippen LogP contribution in [0.1, 0.15) is 44.5 Å². The molecular formula is C19H23NO4. The second-order valence-corrected chi connectivity index (χ2v) is 6.98. The van der Waals surface area contributed by atoms with Crippen molar-refractivity contribution in [2.24, 2.45) is 5.41 Å². The van der Waals surface area contributed by atoms with Crippen LogP contribution in [0, 0.1) is 5.41 Å². The Morgan fingerprint density at radius 2 is 1.83 bits per heavy atom. The van der Waals surface area contributed by atoms with Gasteiger partial charge < -0.3 is 10.1 Å². The van der Waals surface area contributed by atoms with Crippen molar-refractivity contribution >= 4 is 23.2 Å². The molecule has 5 nitrogen and oxygen atoms in total. The van der Waals surface area contributed by atoms with Crippen molar-refractivity contribution in [2.75, 3.05) is 5.32 Å². The van der Waals surface area contributed by atoms with Crippen LogP contribution in [-0.4, -0.2) is 29.7 Å². The molecule has 0 radical (unpaired) electrons. The quantitative estimate of drug-likeness (QED) is 0.522. The third-order valence-electron chi connectivity index (χ3n) is 4.09. The molecule has 1 unspecified atom stereocenters. The van der Waals surface area contributed by atoms with E-state index >= 15 is 0 Å². The Hall–Kier alpha value is -2.43. The molecule has 1 aromatic carbocycles. The highest BCUT2D eigenvalue weighted by Gasteiger charge is 2.42. The van der Waals surface area contributed by atoms with E-state index in [1.165, 1.54) is 0 Å². The van der Waals surface area contributed by atoms with Gasteiger partial charge in [-0.3, -0.25) is 9.59 Å². The molecule has 0 heterocycles. The average molecular weight is 329 g/mol. The molecule has 5 heteroatoms. The van der Waals surface area contributed by atoms with Crippen LogP contribution in [0.25, 0.3) is 0 Å². The number of ketones is 2. The molecule has 0 aromatic heterocycles. The van der Waals surface area contributed by atoms with Crippen molar-refractivity contribution in [1.82, 2.24) is 0 Å². The molecule has 1 atom stereocenters. The molecule has 1 fully saturated rings. The zero-order valence-electron chi connectivity index (χ0n) is 14.5. The summed E-state index contributed by atoms with van der Waals surface area (Å²) in [5, 5.41) is 2.94. The first-order chi connectivity index (χ1) is 11.1. The lowest BCUT2D eigenvalue weighted by molar-refractivity contribution is -0.130. The van der Waals surface area contributed by atoms with Crippen LogP contribution >= 0.6 is 0 Å². The Bertz CT molecular complexity index is 686. The predicted octanol–water partition coefficient (Wildman–Crippen LogP) is 3.16. The lowest BCUT2D eigenvalue weighted by Crippen LogP contribution is -2.47. The first kappa shape index (κ1) is 17.9. The number of ether oxygens (including phenoxy) is 1. The van der Waals surface area contributed by atoms with E-state index in [0.29, 0.717) is 16.8 Å². The summed E-state index contributed by atoms with van der Waals surface area (Å²) in [6, 6.07) is 5.59. The second kappa shape index (κ2) is 6.59. The summed E-state index contributed by atoms with van der Waals surface area (Å²) in [6.45, 7) is 11.1. The lowest BCUT2D eigenvalue weighted by atomic mass is 9.71. The molecule has 24 heavy (non-hydrogen) atoms. The first-order valence-electron chi connectivity index (χ1n) is 7.95. The minimum absolute atomic E-state index is 0.152. The minimum Gasteiger partial charge on any atom is -0.459 e. The van der Waals surface area contributed by atoms with Crippen LogP contribution in [0.3, 0.4) is 0 Å². The Labute approximate surface area is 142 Å². The van der Waals surface area contributed by atoms with Crippen LogP contribution < -0.4 is 5.32 Å². The fraction of sp³-hybridized carbons (Fsp3) is 0.421. The maximum absolute atomic E-state index is 12.4. The van der Waals surface area contributed by atoms with Crippen molar-refractivity contribution in [3.8, 4) is 0 Å². The molecule has 1 aliphatic carbocycles. The van der Waals surface area contributed by atoms with E-state index < -0.39 is 17.4 Å². The smallest absolute Gasteiger partial charge is 0.338 e. The zero-order chi connectivity index (χ0) is 18.1. The van der Waals surface area contributed by atoms with E-state index in [1.807, 2.05) is 13.8 Å². The fourth-order valence-corrected chi connectivity index (χ4v) is 2.60. The summed E-state index contributed by atoms with van der Waals surface area (Å²) in [4.78, 5) is 36.5. The van der Waals surface area contributed by atoms with E-state index in [4.69, 9.17) is 4.74 Å². The number of carbonyl (C=O) groups excluding carboxylic acids is 3.